The molecule has 1 aromatic carbocycles. The van der Waals surface area contributed by atoms with Crippen molar-refractivity contribution in [1.82, 2.24) is 15.2 Å². The van der Waals surface area contributed by atoms with Crippen LogP contribution in [0.1, 0.15) is 40.9 Å². The number of amides is 1. The van der Waals surface area contributed by atoms with Gasteiger partial charge >= 0.3 is 0 Å². The largest absolute Gasteiger partial charge is 0.330 e. The molecule has 1 aliphatic heterocycles. The average Bonchev–Trinajstić information content (AvgIpc) is 2.90. The molecule has 4 heteroatoms. The number of benzene rings is 1. The van der Waals surface area contributed by atoms with E-state index in [4.69, 9.17) is 0 Å². The molecule has 0 radical (unpaired) electrons. The third-order valence-corrected chi connectivity index (χ3v) is 4.68. The van der Waals surface area contributed by atoms with Gasteiger partial charge in [-0.1, -0.05) is 24.3 Å². The van der Waals surface area contributed by atoms with Gasteiger partial charge in [-0.15, -0.1) is 0 Å². The number of hydrogen-bond acceptors (Lipinski definition) is 3. The van der Waals surface area contributed by atoms with Crippen molar-refractivity contribution in [3.05, 3.63) is 65.5 Å². The lowest BCUT2D eigenvalue weighted by molar-refractivity contribution is 0.0641. The first-order valence-corrected chi connectivity index (χ1v) is 8.73. The Labute approximate surface area is 143 Å². The van der Waals surface area contributed by atoms with E-state index >= 15 is 0 Å². The molecule has 1 amide bonds. The standard InChI is InChI=1S/C20H25N3O/c1-16-7-2-3-10-19(16)20(24)23(15-17-8-4-5-13-22-17)18-9-6-12-21-14-11-18/h2-5,7-8,10,13,18,21H,6,9,11-12,14-15H2,1H3. The van der Waals surface area contributed by atoms with Crippen molar-refractivity contribution in [2.45, 2.75) is 38.8 Å². The van der Waals surface area contributed by atoms with Gasteiger partial charge in [0.05, 0.1) is 12.2 Å². The Balaban J connectivity index is 1.88. The first-order valence-electron chi connectivity index (χ1n) is 8.73. The number of carbonyl (C=O) groups excluding carboxylic acids is 1. The molecule has 3 rings (SSSR count). The van der Waals surface area contributed by atoms with Crippen LogP contribution < -0.4 is 5.32 Å². The van der Waals surface area contributed by atoms with Crippen LogP contribution in [0.25, 0.3) is 0 Å². The smallest absolute Gasteiger partial charge is 0.254 e. The van der Waals surface area contributed by atoms with Gasteiger partial charge in [0.25, 0.3) is 5.91 Å². The predicted molar refractivity (Wildman–Crippen MR) is 95.8 cm³/mol. The molecule has 4 nitrogen and oxygen atoms in total. The summed E-state index contributed by atoms with van der Waals surface area (Å²) in [6.07, 6.45) is 4.92. The van der Waals surface area contributed by atoms with Gasteiger partial charge in [0.2, 0.25) is 0 Å². The van der Waals surface area contributed by atoms with Crippen LogP contribution in [0.4, 0.5) is 0 Å². The Hall–Kier alpha value is -2.20. The van der Waals surface area contributed by atoms with E-state index in [0.29, 0.717) is 6.54 Å². The number of aromatic nitrogens is 1. The maximum atomic E-state index is 13.3. The van der Waals surface area contributed by atoms with Crippen LogP contribution in [-0.2, 0) is 6.54 Å². The van der Waals surface area contributed by atoms with Gasteiger partial charge in [0.15, 0.2) is 0 Å². The summed E-state index contributed by atoms with van der Waals surface area (Å²) in [5.74, 6) is 0.116. The lowest BCUT2D eigenvalue weighted by Gasteiger charge is -2.31. The molecule has 2 heterocycles. The molecule has 126 valence electrons. The summed E-state index contributed by atoms with van der Waals surface area (Å²) in [5.41, 5.74) is 2.77. The molecule has 0 saturated carbocycles. The molecule has 0 aliphatic carbocycles. The maximum absolute atomic E-state index is 13.3. The van der Waals surface area contributed by atoms with Crippen molar-refractivity contribution < 1.29 is 4.79 Å². The van der Waals surface area contributed by atoms with E-state index in [-0.39, 0.29) is 11.9 Å². The van der Waals surface area contributed by atoms with E-state index in [1.165, 1.54) is 0 Å². The molecule has 1 fully saturated rings. The summed E-state index contributed by atoms with van der Waals surface area (Å²) in [4.78, 5) is 19.7. The van der Waals surface area contributed by atoms with Gasteiger partial charge in [-0.3, -0.25) is 9.78 Å². The van der Waals surface area contributed by atoms with Crippen molar-refractivity contribution in [3.8, 4) is 0 Å². The summed E-state index contributed by atoms with van der Waals surface area (Å²) in [6, 6.07) is 14.0. The van der Waals surface area contributed by atoms with Gasteiger partial charge in [-0.2, -0.15) is 0 Å². The third kappa shape index (κ3) is 4.01. The summed E-state index contributed by atoms with van der Waals surface area (Å²) in [6.45, 7) is 4.57. The van der Waals surface area contributed by atoms with Crippen molar-refractivity contribution in [2.75, 3.05) is 13.1 Å². The molecule has 1 aromatic heterocycles. The number of carbonyl (C=O) groups is 1. The molecular formula is C20H25N3O. The number of aryl methyl sites for hydroxylation is 1. The minimum Gasteiger partial charge on any atom is -0.330 e. The van der Waals surface area contributed by atoms with E-state index in [1.54, 1.807) is 6.20 Å². The highest BCUT2D eigenvalue weighted by Gasteiger charge is 2.26. The molecule has 2 aromatic rings. The molecule has 1 atom stereocenters. The second-order valence-corrected chi connectivity index (χ2v) is 6.40. The summed E-state index contributed by atoms with van der Waals surface area (Å²) >= 11 is 0. The Morgan fingerprint density at radius 3 is 2.79 bits per heavy atom. The van der Waals surface area contributed by atoms with Crippen molar-refractivity contribution in [2.24, 2.45) is 0 Å². The molecule has 24 heavy (non-hydrogen) atoms. The Bertz CT molecular complexity index is 664. The highest BCUT2D eigenvalue weighted by atomic mass is 16.2. The minimum atomic E-state index is 0.116. The van der Waals surface area contributed by atoms with Crippen LogP contribution in [-0.4, -0.2) is 34.9 Å². The third-order valence-electron chi connectivity index (χ3n) is 4.68. The monoisotopic (exact) mass is 323 g/mol. The van der Waals surface area contributed by atoms with E-state index in [9.17, 15) is 4.79 Å². The first kappa shape index (κ1) is 16.7. The molecule has 1 N–H and O–H groups in total. The number of nitrogens with one attached hydrogen (secondary N) is 1. The van der Waals surface area contributed by atoms with Gasteiger partial charge in [0.1, 0.15) is 0 Å². The maximum Gasteiger partial charge on any atom is 0.254 e. The van der Waals surface area contributed by atoms with Crippen LogP contribution in [0.15, 0.2) is 48.7 Å². The average molecular weight is 323 g/mol. The van der Waals surface area contributed by atoms with E-state index in [1.807, 2.05) is 54.3 Å². The van der Waals surface area contributed by atoms with Crippen LogP contribution in [0.2, 0.25) is 0 Å². The zero-order valence-corrected chi connectivity index (χ0v) is 14.2. The fourth-order valence-electron chi connectivity index (χ4n) is 3.31. The van der Waals surface area contributed by atoms with Gasteiger partial charge in [-0.05, 0) is 63.0 Å². The van der Waals surface area contributed by atoms with Crippen LogP contribution in [0.5, 0.6) is 0 Å². The van der Waals surface area contributed by atoms with E-state index in [2.05, 4.69) is 10.3 Å². The highest BCUT2D eigenvalue weighted by Crippen LogP contribution is 2.20. The number of hydrogen-bond donors (Lipinski definition) is 1. The number of rotatable bonds is 4. The Morgan fingerprint density at radius 2 is 2.00 bits per heavy atom. The second-order valence-electron chi connectivity index (χ2n) is 6.40. The first-order chi connectivity index (χ1) is 11.8. The van der Waals surface area contributed by atoms with Gasteiger partial charge < -0.3 is 10.2 Å². The Morgan fingerprint density at radius 1 is 1.17 bits per heavy atom. The van der Waals surface area contributed by atoms with Crippen LogP contribution in [0.3, 0.4) is 0 Å². The van der Waals surface area contributed by atoms with E-state index < -0.39 is 0 Å². The van der Waals surface area contributed by atoms with Crippen molar-refractivity contribution in [1.29, 1.82) is 0 Å². The van der Waals surface area contributed by atoms with Gasteiger partial charge in [-0.25, -0.2) is 0 Å². The van der Waals surface area contributed by atoms with Crippen LogP contribution in [0, 0.1) is 6.92 Å². The zero-order valence-electron chi connectivity index (χ0n) is 14.2. The summed E-state index contributed by atoms with van der Waals surface area (Å²) < 4.78 is 0. The fourth-order valence-corrected chi connectivity index (χ4v) is 3.31. The van der Waals surface area contributed by atoms with Crippen molar-refractivity contribution >= 4 is 5.91 Å². The summed E-state index contributed by atoms with van der Waals surface area (Å²) in [5, 5.41) is 3.43. The number of pyridine rings is 1. The van der Waals surface area contributed by atoms with Crippen LogP contribution >= 0.6 is 0 Å². The SMILES string of the molecule is Cc1ccccc1C(=O)N(Cc1ccccn1)C1CCCNCC1. The summed E-state index contributed by atoms with van der Waals surface area (Å²) in [7, 11) is 0. The quantitative estimate of drug-likeness (QED) is 0.940. The second kappa shape index (κ2) is 8.06. The predicted octanol–water partition coefficient (Wildman–Crippen LogP) is 3.17. The molecule has 0 bridgehead atoms. The van der Waals surface area contributed by atoms with E-state index in [0.717, 1.165) is 49.2 Å². The molecule has 1 aliphatic rings. The Kier molecular flexibility index (Phi) is 5.59. The van der Waals surface area contributed by atoms with Gasteiger partial charge in [0, 0.05) is 17.8 Å². The highest BCUT2D eigenvalue weighted by molar-refractivity contribution is 5.95. The minimum absolute atomic E-state index is 0.116. The lowest BCUT2D eigenvalue weighted by atomic mass is 10.0. The molecular weight excluding hydrogens is 298 g/mol. The zero-order chi connectivity index (χ0) is 16.8. The topological polar surface area (TPSA) is 45.2 Å². The number of nitrogens with zero attached hydrogens (tertiary/aromatic N) is 2. The lowest BCUT2D eigenvalue weighted by Crippen LogP contribution is -2.40. The molecule has 0 spiro atoms. The molecule has 1 unspecified atom stereocenters. The normalized spacial score (nSPS) is 18.0. The van der Waals surface area contributed by atoms with Crippen molar-refractivity contribution in [3.63, 3.8) is 0 Å². The molecule has 1 saturated heterocycles. The fraction of sp³-hybridized carbons (Fsp3) is 0.400.